The number of carbonyl (C=O) groups is 1. The van der Waals surface area contributed by atoms with Crippen LogP contribution in [0.4, 0.5) is 19.0 Å². The van der Waals surface area contributed by atoms with Crippen molar-refractivity contribution in [3.8, 4) is 0 Å². The van der Waals surface area contributed by atoms with E-state index in [4.69, 9.17) is 11.6 Å². The first-order valence-electron chi connectivity index (χ1n) is 6.74. The molecule has 1 amide bonds. The molecule has 0 atom stereocenters. The number of carbonyl (C=O) groups excluding carboxylic acids is 1. The van der Waals surface area contributed by atoms with Crippen LogP contribution in [0.1, 0.15) is 25.3 Å². The lowest BCUT2D eigenvalue weighted by molar-refractivity contribution is -0.137. The van der Waals surface area contributed by atoms with Crippen molar-refractivity contribution >= 4 is 23.3 Å². The Hall–Kier alpha value is -1.76. The summed E-state index contributed by atoms with van der Waals surface area (Å²) in [6.07, 6.45) is -0.330. The number of pyridine rings is 1. The van der Waals surface area contributed by atoms with Gasteiger partial charge in [-0.15, -0.1) is 0 Å². The third-order valence-electron chi connectivity index (χ3n) is 3.35. The van der Waals surface area contributed by atoms with E-state index in [0.29, 0.717) is 6.20 Å². The SMILES string of the molecule is C/C(=C/C(=O)Nc1ncc(C(F)(F)F)cc1Cl)N1CCCC1. The van der Waals surface area contributed by atoms with E-state index in [9.17, 15) is 18.0 Å². The normalized spacial score (nSPS) is 16.0. The van der Waals surface area contributed by atoms with E-state index in [1.54, 1.807) is 0 Å². The average Bonchev–Trinajstić information content (AvgIpc) is 2.93. The van der Waals surface area contributed by atoms with Crippen LogP contribution in [-0.2, 0) is 11.0 Å². The number of anilines is 1. The van der Waals surface area contributed by atoms with Crippen LogP contribution in [0, 0.1) is 0 Å². The second-order valence-corrected chi connectivity index (χ2v) is 5.43. The van der Waals surface area contributed by atoms with Crippen LogP contribution in [0.25, 0.3) is 0 Å². The monoisotopic (exact) mass is 333 g/mol. The molecular weight excluding hydrogens is 319 g/mol. The predicted molar refractivity (Wildman–Crippen MR) is 77.4 cm³/mol. The van der Waals surface area contributed by atoms with E-state index in [1.165, 1.54) is 6.08 Å². The Morgan fingerprint density at radius 2 is 2.05 bits per heavy atom. The van der Waals surface area contributed by atoms with E-state index >= 15 is 0 Å². The number of allylic oxidation sites excluding steroid dienone is 1. The molecule has 1 fully saturated rings. The maximum atomic E-state index is 12.5. The fourth-order valence-corrected chi connectivity index (χ4v) is 2.40. The van der Waals surface area contributed by atoms with Gasteiger partial charge in [-0.1, -0.05) is 11.6 Å². The third-order valence-corrected chi connectivity index (χ3v) is 3.64. The summed E-state index contributed by atoms with van der Waals surface area (Å²) in [7, 11) is 0. The Morgan fingerprint density at radius 1 is 1.41 bits per heavy atom. The number of hydrogen-bond donors (Lipinski definition) is 1. The fraction of sp³-hybridized carbons (Fsp3) is 0.429. The molecule has 0 aliphatic carbocycles. The number of halogens is 4. The molecule has 22 heavy (non-hydrogen) atoms. The van der Waals surface area contributed by atoms with Gasteiger partial charge in [0, 0.05) is 31.1 Å². The Morgan fingerprint density at radius 3 is 2.59 bits per heavy atom. The number of amides is 1. The largest absolute Gasteiger partial charge is 0.417 e. The van der Waals surface area contributed by atoms with Gasteiger partial charge in [0.25, 0.3) is 5.91 Å². The zero-order valence-electron chi connectivity index (χ0n) is 11.9. The summed E-state index contributed by atoms with van der Waals surface area (Å²) in [6, 6.07) is 0.737. The summed E-state index contributed by atoms with van der Waals surface area (Å²) >= 11 is 5.73. The number of likely N-dealkylation sites (tertiary alicyclic amines) is 1. The number of nitrogens with one attached hydrogen (secondary N) is 1. The Labute approximate surface area is 131 Å². The van der Waals surface area contributed by atoms with Gasteiger partial charge in [-0.3, -0.25) is 4.79 Å². The van der Waals surface area contributed by atoms with Crippen LogP contribution in [-0.4, -0.2) is 28.9 Å². The van der Waals surface area contributed by atoms with Crippen molar-refractivity contribution in [3.05, 3.63) is 34.6 Å². The van der Waals surface area contributed by atoms with Gasteiger partial charge >= 0.3 is 6.18 Å². The zero-order chi connectivity index (χ0) is 16.3. The summed E-state index contributed by atoms with van der Waals surface area (Å²) in [5, 5.41) is 2.14. The molecule has 0 unspecified atom stereocenters. The molecule has 1 aromatic rings. The highest BCUT2D eigenvalue weighted by Crippen LogP contribution is 2.32. The highest BCUT2D eigenvalue weighted by Gasteiger charge is 2.31. The van der Waals surface area contributed by atoms with Crippen molar-refractivity contribution in [2.24, 2.45) is 0 Å². The quantitative estimate of drug-likeness (QED) is 0.858. The van der Waals surface area contributed by atoms with E-state index < -0.39 is 17.6 Å². The molecule has 120 valence electrons. The van der Waals surface area contributed by atoms with E-state index in [0.717, 1.165) is 37.7 Å². The van der Waals surface area contributed by atoms with Crippen LogP contribution in [0.2, 0.25) is 5.02 Å². The van der Waals surface area contributed by atoms with Crippen LogP contribution in [0.15, 0.2) is 24.0 Å². The molecule has 0 bridgehead atoms. The second-order valence-electron chi connectivity index (χ2n) is 5.02. The van der Waals surface area contributed by atoms with Crippen molar-refractivity contribution in [3.63, 3.8) is 0 Å². The molecule has 1 aromatic heterocycles. The number of nitrogens with zero attached hydrogens (tertiary/aromatic N) is 2. The number of aromatic nitrogens is 1. The Bertz CT molecular complexity index is 595. The molecule has 0 aromatic carbocycles. The first-order valence-corrected chi connectivity index (χ1v) is 7.12. The van der Waals surface area contributed by atoms with Gasteiger partial charge in [-0.05, 0) is 25.8 Å². The molecule has 8 heteroatoms. The van der Waals surface area contributed by atoms with Crippen LogP contribution >= 0.6 is 11.6 Å². The number of rotatable bonds is 3. The Kier molecular flexibility index (Phi) is 4.95. The molecule has 4 nitrogen and oxygen atoms in total. The van der Waals surface area contributed by atoms with Gasteiger partial charge in [-0.25, -0.2) is 4.98 Å². The average molecular weight is 334 g/mol. The highest BCUT2D eigenvalue weighted by atomic mass is 35.5. The van der Waals surface area contributed by atoms with Gasteiger partial charge in [0.05, 0.1) is 10.6 Å². The number of hydrogen-bond acceptors (Lipinski definition) is 3. The lowest BCUT2D eigenvalue weighted by Gasteiger charge is -2.17. The van der Waals surface area contributed by atoms with Crippen molar-refractivity contribution in [2.45, 2.75) is 25.9 Å². The van der Waals surface area contributed by atoms with E-state index in [-0.39, 0.29) is 10.8 Å². The van der Waals surface area contributed by atoms with Crippen LogP contribution < -0.4 is 5.32 Å². The number of alkyl halides is 3. The fourth-order valence-electron chi connectivity index (χ4n) is 2.19. The highest BCUT2D eigenvalue weighted by molar-refractivity contribution is 6.33. The first kappa shape index (κ1) is 16.6. The Balaban J connectivity index is 2.07. The third kappa shape index (κ3) is 4.13. The second kappa shape index (κ2) is 6.56. The van der Waals surface area contributed by atoms with Crippen molar-refractivity contribution in [1.29, 1.82) is 0 Å². The minimum Gasteiger partial charge on any atom is -0.375 e. The minimum atomic E-state index is -4.52. The standard InChI is InChI=1S/C14H15ClF3N3O/c1-9(21-4-2-3-5-21)6-12(22)20-13-11(15)7-10(8-19-13)14(16,17)18/h6-8H,2-5H2,1H3,(H,19,20,22)/b9-6-. The van der Waals surface area contributed by atoms with E-state index in [1.807, 2.05) is 6.92 Å². The molecule has 1 aliphatic heterocycles. The molecule has 1 aliphatic rings. The lowest BCUT2D eigenvalue weighted by atomic mass is 10.2. The smallest absolute Gasteiger partial charge is 0.375 e. The minimum absolute atomic E-state index is 0.0925. The predicted octanol–water partition coefficient (Wildman–Crippen LogP) is 3.69. The summed E-state index contributed by atoms with van der Waals surface area (Å²) in [6.45, 7) is 3.61. The van der Waals surface area contributed by atoms with Crippen molar-refractivity contribution < 1.29 is 18.0 Å². The lowest BCUT2D eigenvalue weighted by Crippen LogP contribution is -2.19. The van der Waals surface area contributed by atoms with Crippen LogP contribution in [0.3, 0.4) is 0 Å². The molecule has 1 N–H and O–H groups in total. The van der Waals surface area contributed by atoms with Gasteiger partial charge in [-0.2, -0.15) is 13.2 Å². The van der Waals surface area contributed by atoms with Gasteiger partial charge in [0.2, 0.25) is 0 Å². The maximum Gasteiger partial charge on any atom is 0.417 e. The van der Waals surface area contributed by atoms with Crippen molar-refractivity contribution in [1.82, 2.24) is 9.88 Å². The molecular formula is C14H15ClF3N3O. The summed E-state index contributed by atoms with van der Waals surface area (Å²) in [4.78, 5) is 17.5. The maximum absolute atomic E-state index is 12.5. The molecule has 2 heterocycles. The molecule has 0 saturated carbocycles. The van der Waals surface area contributed by atoms with Gasteiger partial charge in [0.15, 0.2) is 5.82 Å². The summed E-state index contributed by atoms with van der Waals surface area (Å²) in [5.74, 6) is -0.566. The summed E-state index contributed by atoms with van der Waals surface area (Å²) in [5.41, 5.74) is -0.155. The van der Waals surface area contributed by atoms with Gasteiger partial charge in [0.1, 0.15) is 0 Å². The van der Waals surface area contributed by atoms with Crippen molar-refractivity contribution in [2.75, 3.05) is 18.4 Å². The van der Waals surface area contributed by atoms with Gasteiger partial charge < -0.3 is 10.2 Å². The molecule has 2 rings (SSSR count). The molecule has 0 radical (unpaired) electrons. The molecule has 0 spiro atoms. The summed E-state index contributed by atoms with van der Waals surface area (Å²) < 4.78 is 37.5. The first-order chi connectivity index (χ1) is 10.3. The van der Waals surface area contributed by atoms with Crippen LogP contribution in [0.5, 0.6) is 0 Å². The molecule has 1 saturated heterocycles. The topological polar surface area (TPSA) is 45.2 Å². The zero-order valence-corrected chi connectivity index (χ0v) is 12.6. The van der Waals surface area contributed by atoms with E-state index in [2.05, 4.69) is 15.2 Å².